The van der Waals surface area contributed by atoms with Gasteiger partial charge in [0.15, 0.2) is 0 Å². The van der Waals surface area contributed by atoms with Crippen LogP contribution in [0.1, 0.15) is 13.8 Å². The molecular formula is C6H12F2O4S. The maximum Gasteiger partial charge on any atom is 0.400 e. The van der Waals surface area contributed by atoms with Crippen LogP contribution in [0.15, 0.2) is 0 Å². The highest BCUT2D eigenvalue weighted by atomic mass is 32.3. The van der Waals surface area contributed by atoms with Gasteiger partial charge in [-0.25, -0.2) is 17.1 Å². The van der Waals surface area contributed by atoms with E-state index in [9.17, 15) is 17.2 Å². The number of hydrogen-bond acceptors (Lipinski definition) is 4. The molecule has 0 aromatic heterocycles. The first kappa shape index (κ1) is 12.7. The summed E-state index contributed by atoms with van der Waals surface area (Å²) >= 11 is 0. The van der Waals surface area contributed by atoms with Crippen molar-refractivity contribution < 1.29 is 25.6 Å². The molecule has 0 radical (unpaired) electrons. The van der Waals surface area contributed by atoms with Gasteiger partial charge < -0.3 is 0 Å². The van der Waals surface area contributed by atoms with Crippen molar-refractivity contribution >= 4 is 10.4 Å². The van der Waals surface area contributed by atoms with Crippen LogP contribution in [0.2, 0.25) is 0 Å². The van der Waals surface area contributed by atoms with Gasteiger partial charge in [-0.2, -0.15) is 8.42 Å². The van der Waals surface area contributed by atoms with Gasteiger partial charge in [-0.3, -0.25) is 0 Å². The lowest BCUT2D eigenvalue weighted by Gasteiger charge is -2.11. The van der Waals surface area contributed by atoms with Crippen LogP contribution in [0.25, 0.3) is 0 Å². The summed E-state index contributed by atoms with van der Waals surface area (Å²) in [6.07, 6.45) is -2.23. The summed E-state index contributed by atoms with van der Waals surface area (Å²) in [4.78, 5) is 0. The molecule has 0 aliphatic heterocycles. The van der Waals surface area contributed by atoms with Crippen LogP contribution in [0, 0.1) is 0 Å². The second-order valence-electron chi connectivity index (χ2n) is 2.53. The van der Waals surface area contributed by atoms with Crippen LogP contribution in [-0.4, -0.2) is 34.0 Å². The first-order valence-corrected chi connectivity index (χ1v) is 4.98. The monoisotopic (exact) mass is 218 g/mol. The smallest absolute Gasteiger partial charge is 0.248 e. The summed E-state index contributed by atoms with van der Waals surface area (Å²) in [7, 11) is -4.28. The minimum atomic E-state index is -4.28. The number of hydrogen-bond donors (Lipinski definition) is 0. The fourth-order valence-corrected chi connectivity index (χ4v) is 1.43. The molecule has 0 aromatic carbocycles. The topological polar surface area (TPSA) is 52.6 Å². The molecule has 0 N–H and O–H groups in total. The summed E-state index contributed by atoms with van der Waals surface area (Å²) in [5, 5.41) is 0. The average molecular weight is 218 g/mol. The molecule has 0 rings (SSSR count). The maximum atomic E-state index is 11.8. The van der Waals surface area contributed by atoms with Crippen molar-refractivity contribution in [3.05, 3.63) is 0 Å². The Hall–Kier alpha value is -0.270. The number of halogens is 2. The quantitative estimate of drug-likeness (QED) is 0.666. The molecule has 0 heterocycles. The zero-order valence-corrected chi connectivity index (χ0v) is 8.18. The molecule has 2 atom stereocenters. The van der Waals surface area contributed by atoms with Crippen molar-refractivity contribution in [2.75, 3.05) is 13.3 Å². The maximum absolute atomic E-state index is 11.8. The summed E-state index contributed by atoms with van der Waals surface area (Å²) in [6, 6.07) is 0. The summed E-state index contributed by atoms with van der Waals surface area (Å²) in [6.45, 7) is 0.543. The third-order valence-corrected chi connectivity index (χ3v) is 2.13. The zero-order valence-electron chi connectivity index (χ0n) is 7.37. The zero-order chi connectivity index (χ0) is 10.5. The lowest BCUT2D eigenvalue weighted by Crippen LogP contribution is -2.23. The van der Waals surface area contributed by atoms with Gasteiger partial charge in [0.25, 0.3) is 0 Å². The van der Waals surface area contributed by atoms with Gasteiger partial charge in [0.2, 0.25) is 0 Å². The van der Waals surface area contributed by atoms with Crippen molar-refractivity contribution in [2.45, 2.75) is 26.1 Å². The predicted molar refractivity (Wildman–Crippen MR) is 42.0 cm³/mol. The van der Waals surface area contributed by atoms with E-state index in [1.165, 1.54) is 13.8 Å². The van der Waals surface area contributed by atoms with Crippen LogP contribution < -0.4 is 0 Å². The Kier molecular flexibility index (Phi) is 5.34. The van der Waals surface area contributed by atoms with Gasteiger partial charge in [-0.15, -0.1) is 0 Å². The van der Waals surface area contributed by atoms with Gasteiger partial charge in [-0.05, 0) is 13.8 Å². The van der Waals surface area contributed by atoms with Gasteiger partial charge in [-0.1, -0.05) is 0 Å². The van der Waals surface area contributed by atoms with Crippen LogP contribution in [0.5, 0.6) is 0 Å². The van der Waals surface area contributed by atoms with E-state index in [-0.39, 0.29) is 0 Å². The highest BCUT2D eigenvalue weighted by molar-refractivity contribution is 7.81. The largest absolute Gasteiger partial charge is 0.400 e. The minimum Gasteiger partial charge on any atom is -0.248 e. The molecule has 80 valence electrons. The molecule has 0 saturated heterocycles. The summed E-state index contributed by atoms with van der Waals surface area (Å²) in [5.74, 6) is 0. The molecule has 0 saturated carbocycles. The molecule has 0 fully saturated rings. The Morgan fingerprint density at radius 3 is 1.62 bits per heavy atom. The second kappa shape index (κ2) is 5.46. The first-order valence-electron chi connectivity index (χ1n) is 3.64. The van der Waals surface area contributed by atoms with Crippen molar-refractivity contribution in [3.8, 4) is 0 Å². The SMILES string of the molecule is CC(CF)OS(=O)(=O)OC(C)CF. The average Bonchev–Trinajstić information content (AvgIpc) is 2.02. The highest BCUT2D eigenvalue weighted by Gasteiger charge is 2.20. The van der Waals surface area contributed by atoms with Crippen LogP contribution in [0.3, 0.4) is 0 Å². The standard InChI is InChI=1S/C6H12F2O4S/c1-5(3-7)11-13(9,10)12-6(2)4-8/h5-6H,3-4H2,1-2H3. The predicted octanol–water partition coefficient (Wildman–Crippen LogP) is 0.980. The van der Waals surface area contributed by atoms with Crippen molar-refractivity contribution in [1.82, 2.24) is 0 Å². The van der Waals surface area contributed by atoms with E-state index in [4.69, 9.17) is 0 Å². The Labute approximate surface area is 76.2 Å². The number of alkyl halides is 2. The summed E-state index contributed by atoms with van der Waals surface area (Å²) in [5.41, 5.74) is 0. The molecule has 13 heavy (non-hydrogen) atoms. The molecule has 0 bridgehead atoms. The van der Waals surface area contributed by atoms with Gasteiger partial charge in [0.05, 0.1) is 0 Å². The molecule has 0 aliphatic rings. The van der Waals surface area contributed by atoms with Gasteiger partial charge in [0, 0.05) is 0 Å². The third-order valence-electron chi connectivity index (χ3n) is 0.999. The van der Waals surface area contributed by atoms with Crippen LogP contribution in [-0.2, 0) is 18.8 Å². The van der Waals surface area contributed by atoms with Crippen molar-refractivity contribution in [1.29, 1.82) is 0 Å². The van der Waals surface area contributed by atoms with Gasteiger partial charge in [0.1, 0.15) is 25.6 Å². The van der Waals surface area contributed by atoms with E-state index in [2.05, 4.69) is 8.37 Å². The van der Waals surface area contributed by atoms with E-state index in [1.807, 2.05) is 0 Å². The van der Waals surface area contributed by atoms with Crippen LogP contribution >= 0.6 is 0 Å². The molecule has 0 spiro atoms. The molecule has 0 aliphatic carbocycles. The van der Waals surface area contributed by atoms with E-state index >= 15 is 0 Å². The Balaban J connectivity index is 4.09. The minimum absolute atomic E-state index is 0.952. The molecule has 0 amide bonds. The van der Waals surface area contributed by atoms with Crippen LogP contribution in [0.4, 0.5) is 8.78 Å². The second-order valence-corrected chi connectivity index (χ2v) is 3.73. The normalized spacial score (nSPS) is 16.9. The van der Waals surface area contributed by atoms with E-state index in [0.29, 0.717) is 0 Å². The van der Waals surface area contributed by atoms with Crippen molar-refractivity contribution in [2.24, 2.45) is 0 Å². The van der Waals surface area contributed by atoms with E-state index in [0.717, 1.165) is 0 Å². The van der Waals surface area contributed by atoms with Gasteiger partial charge >= 0.3 is 10.4 Å². The lowest BCUT2D eigenvalue weighted by molar-refractivity contribution is 0.111. The molecular weight excluding hydrogens is 206 g/mol. The third kappa shape index (κ3) is 5.89. The van der Waals surface area contributed by atoms with E-state index < -0.39 is 36.0 Å². The van der Waals surface area contributed by atoms with E-state index in [1.54, 1.807) is 0 Å². The Morgan fingerprint density at radius 1 is 1.08 bits per heavy atom. The molecule has 4 nitrogen and oxygen atoms in total. The molecule has 7 heteroatoms. The first-order chi connectivity index (χ1) is 5.91. The fourth-order valence-electron chi connectivity index (χ4n) is 0.476. The fraction of sp³-hybridized carbons (Fsp3) is 1.00. The summed E-state index contributed by atoms with van der Waals surface area (Å²) < 4.78 is 53.6. The lowest BCUT2D eigenvalue weighted by atomic mass is 10.5. The molecule has 0 aromatic rings. The Bertz CT molecular complexity index is 211. The highest BCUT2D eigenvalue weighted by Crippen LogP contribution is 2.06. The Morgan fingerprint density at radius 2 is 1.38 bits per heavy atom. The molecule has 2 unspecified atom stereocenters. The number of rotatable bonds is 6. The van der Waals surface area contributed by atoms with Crippen molar-refractivity contribution in [3.63, 3.8) is 0 Å².